The molecule has 4 nitrogen and oxygen atoms in total. The first-order valence-electron chi connectivity index (χ1n) is 8.25. The van der Waals surface area contributed by atoms with Crippen LogP contribution < -0.4 is 5.32 Å². The number of hydrogen-bond donors (Lipinski definition) is 1. The van der Waals surface area contributed by atoms with Crippen molar-refractivity contribution in [2.24, 2.45) is 0 Å². The van der Waals surface area contributed by atoms with Gasteiger partial charge in [0.2, 0.25) is 5.91 Å². The number of nitrogens with zero attached hydrogens (tertiary/aromatic N) is 1. The lowest BCUT2D eigenvalue weighted by molar-refractivity contribution is -0.115. The van der Waals surface area contributed by atoms with Gasteiger partial charge in [0.05, 0.1) is 12.1 Å². The summed E-state index contributed by atoms with van der Waals surface area (Å²) >= 11 is 1.62. The summed E-state index contributed by atoms with van der Waals surface area (Å²) in [6.45, 7) is 0. The molecule has 0 unspecified atom stereocenters. The van der Waals surface area contributed by atoms with Crippen LogP contribution in [0.2, 0.25) is 0 Å². The predicted octanol–water partition coefficient (Wildman–Crippen LogP) is 5.16. The molecule has 4 aromatic rings. The highest BCUT2D eigenvalue weighted by atomic mass is 32.2. The third-order valence-electron chi connectivity index (χ3n) is 3.91. The van der Waals surface area contributed by atoms with Crippen molar-refractivity contribution < 1.29 is 9.32 Å². The Morgan fingerprint density at radius 2 is 1.65 bits per heavy atom. The minimum atomic E-state index is -0.120. The topological polar surface area (TPSA) is 55.1 Å². The lowest BCUT2D eigenvalue weighted by Crippen LogP contribution is -2.15. The van der Waals surface area contributed by atoms with Crippen LogP contribution in [0.3, 0.4) is 0 Å². The Morgan fingerprint density at radius 3 is 2.54 bits per heavy atom. The van der Waals surface area contributed by atoms with Crippen molar-refractivity contribution in [3.63, 3.8) is 0 Å². The number of benzene rings is 3. The van der Waals surface area contributed by atoms with Crippen LogP contribution in [0.25, 0.3) is 11.0 Å². The lowest BCUT2D eigenvalue weighted by atomic mass is 10.1. The second-order valence-corrected chi connectivity index (χ2v) is 6.88. The molecule has 1 aromatic heterocycles. The summed E-state index contributed by atoms with van der Waals surface area (Å²) < 4.78 is 5.27. The molecule has 3 aromatic carbocycles. The SMILES string of the molecule is O=C(Cc1noc2ccccc12)Nc1ccccc1Sc1ccccc1. The summed E-state index contributed by atoms with van der Waals surface area (Å²) in [5.41, 5.74) is 2.13. The predicted molar refractivity (Wildman–Crippen MR) is 103 cm³/mol. The number of anilines is 1. The van der Waals surface area contributed by atoms with Gasteiger partial charge in [0.15, 0.2) is 5.58 Å². The van der Waals surface area contributed by atoms with Gasteiger partial charge in [-0.15, -0.1) is 0 Å². The van der Waals surface area contributed by atoms with Gasteiger partial charge in [-0.1, -0.05) is 59.4 Å². The zero-order valence-electron chi connectivity index (χ0n) is 13.9. The molecular formula is C21H16N2O2S. The number of para-hydroxylation sites is 2. The number of fused-ring (bicyclic) bond motifs is 1. The fourth-order valence-corrected chi connectivity index (χ4v) is 3.61. The number of nitrogens with one attached hydrogen (secondary N) is 1. The fraction of sp³-hybridized carbons (Fsp3) is 0.0476. The number of aromatic nitrogens is 1. The molecule has 0 saturated heterocycles. The van der Waals surface area contributed by atoms with Crippen LogP contribution in [-0.4, -0.2) is 11.1 Å². The van der Waals surface area contributed by atoms with E-state index in [0.717, 1.165) is 20.9 Å². The van der Waals surface area contributed by atoms with Crippen LogP contribution in [0, 0.1) is 0 Å². The van der Waals surface area contributed by atoms with E-state index < -0.39 is 0 Å². The first-order chi connectivity index (χ1) is 12.8. The summed E-state index contributed by atoms with van der Waals surface area (Å²) in [5.74, 6) is -0.120. The Hall–Kier alpha value is -3.05. The second kappa shape index (κ2) is 7.45. The van der Waals surface area contributed by atoms with E-state index in [1.165, 1.54) is 0 Å². The molecular weight excluding hydrogens is 344 g/mol. The quantitative estimate of drug-likeness (QED) is 0.534. The molecule has 0 aliphatic heterocycles. The fourth-order valence-electron chi connectivity index (χ4n) is 2.69. The molecule has 128 valence electrons. The van der Waals surface area contributed by atoms with Gasteiger partial charge in [-0.05, 0) is 36.4 Å². The summed E-state index contributed by atoms with van der Waals surface area (Å²) in [4.78, 5) is 14.6. The minimum Gasteiger partial charge on any atom is -0.356 e. The van der Waals surface area contributed by atoms with Crippen LogP contribution in [0.15, 0.2) is 93.2 Å². The maximum Gasteiger partial charge on any atom is 0.230 e. The van der Waals surface area contributed by atoms with Crippen molar-refractivity contribution in [1.29, 1.82) is 0 Å². The Labute approximate surface area is 155 Å². The third-order valence-corrected chi connectivity index (χ3v) is 5.00. The van der Waals surface area contributed by atoms with Gasteiger partial charge in [-0.2, -0.15) is 0 Å². The highest BCUT2D eigenvalue weighted by Gasteiger charge is 2.13. The van der Waals surface area contributed by atoms with E-state index in [9.17, 15) is 4.79 Å². The van der Waals surface area contributed by atoms with E-state index in [1.807, 2.05) is 78.9 Å². The second-order valence-electron chi connectivity index (χ2n) is 5.76. The number of amides is 1. The highest BCUT2D eigenvalue weighted by molar-refractivity contribution is 7.99. The van der Waals surface area contributed by atoms with E-state index in [0.29, 0.717) is 11.3 Å². The number of rotatable bonds is 5. The van der Waals surface area contributed by atoms with Crippen LogP contribution in [-0.2, 0) is 11.2 Å². The molecule has 1 N–H and O–H groups in total. The molecule has 0 fully saturated rings. The van der Waals surface area contributed by atoms with Crippen molar-refractivity contribution >= 4 is 34.3 Å². The minimum absolute atomic E-state index is 0.120. The molecule has 1 amide bonds. The van der Waals surface area contributed by atoms with E-state index in [-0.39, 0.29) is 12.3 Å². The molecule has 0 saturated carbocycles. The van der Waals surface area contributed by atoms with Crippen molar-refractivity contribution in [1.82, 2.24) is 5.16 Å². The van der Waals surface area contributed by atoms with Crippen LogP contribution in [0.4, 0.5) is 5.69 Å². The molecule has 4 rings (SSSR count). The standard InChI is InChI=1S/C21H16N2O2S/c24-21(14-18-16-10-4-6-12-19(16)25-23-18)22-17-11-5-7-13-20(17)26-15-8-2-1-3-9-15/h1-13H,14H2,(H,22,24). The van der Waals surface area contributed by atoms with Gasteiger partial charge in [0.1, 0.15) is 5.69 Å². The first-order valence-corrected chi connectivity index (χ1v) is 9.06. The summed E-state index contributed by atoms with van der Waals surface area (Å²) in [6, 6.07) is 25.4. The monoisotopic (exact) mass is 360 g/mol. The highest BCUT2D eigenvalue weighted by Crippen LogP contribution is 2.33. The Morgan fingerprint density at radius 1 is 0.923 bits per heavy atom. The van der Waals surface area contributed by atoms with Crippen molar-refractivity contribution in [3.8, 4) is 0 Å². The van der Waals surface area contributed by atoms with Gasteiger partial charge < -0.3 is 9.84 Å². The summed E-state index contributed by atoms with van der Waals surface area (Å²) in [5, 5.41) is 7.89. The largest absolute Gasteiger partial charge is 0.356 e. The average molecular weight is 360 g/mol. The molecule has 0 aliphatic rings. The van der Waals surface area contributed by atoms with Gasteiger partial charge in [-0.3, -0.25) is 4.79 Å². The number of carbonyl (C=O) groups excluding carboxylic acids is 1. The third kappa shape index (κ3) is 3.63. The van der Waals surface area contributed by atoms with Gasteiger partial charge in [0.25, 0.3) is 0 Å². The Kier molecular flexibility index (Phi) is 4.71. The molecule has 26 heavy (non-hydrogen) atoms. The molecule has 5 heteroatoms. The van der Waals surface area contributed by atoms with E-state index in [4.69, 9.17) is 4.52 Å². The maximum absolute atomic E-state index is 12.5. The zero-order chi connectivity index (χ0) is 17.8. The van der Waals surface area contributed by atoms with Gasteiger partial charge in [-0.25, -0.2) is 0 Å². The molecule has 0 bridgehead atoms. The van der Waals surface area contributed by atoms with Crippen LogP contribution in [0.5, 0.6) is 0 Å². The normalized spacial score (nSPS) is 10.8. The van der Waals surface area contributed by atoms with Crippen molar-refractivity contribution in [3.05, 3.63) is 84.6 Å². The lowest BCUT2D eigenvalue weighted by Gasteiger charge is -2.10. The maximum atomic E-state index is 12.5. The van der Waals surface area contributed by atoms with Crippen molar-refractivity contribution in [2.75, 3.05) is 5.32 Å². The van der Waals surface area contributed by atoms with Crippen LogP contribution in [0.1, 0.15) is 5.69 Å². The first kappa shape index (κ1) is 16.4. The number of carbonyl (C=O) groups is 1. The molecule has 1 heterocycles. The zero-order valence-corrected chi connectivity index (χ0v) is 14.7. The van der Waals surface area contributed by atoms with Crippen LogP contribution >= 0.6 is 11.8 Å². The molecule has 0 radical (unpaired) electrons. The number of hydrogen-bond acceptors (Lipinski definition) is 4. The van der Waals surface area contributed by atoms with Gasteiger partial charge in [0, 0.05) is 15.2 Å². The Bertz CT molecular complexity index is 1040. The van der Waals surface area contributed by atoms with E-state index >= 15 is 0 Å². The smallest absolute Gasteiger partial charge is 0.230 e. The molecule has 0 spiro atoms. The van der Waals surface area contributed by atoms with E-state index in [1.54, 1.807) is 11.8 Å². The van der Waals surface area contributed by atoms with E-state index in [2.05, 4.69) is 10.5 Å². The molecule has 0 atom stereocenters. The van der Waals surface area contributed by atoms with Crippen molar-refractivity contribution in [2.45, 2.75) is 16.2 Å². The average Bonchev–Trinajstić information content (AvgIpc) is 3.07. The summed E-state index contributed by atoms with van der Waals surface area (Å²) in [6.07, 6.45) is 0.168. The Balaban J connectivity index is 1.51. The molecule has 0 aliphatic carbocycles. The summed E-state index contributed by atoms with van der Waals surface area (Å²) in [7, 11) is 0. The van der Waals surface area contributed by atoms with Gasteiger partial charge >= 0.3 is 0 Å².